The molecule has 0 spiro atoms. The van der Waals surface area contributed by atoms with Gasteiger partial charge in [0.1, 0.15) is 5.25 Å². The molecular formula is C20H20N2O3S. The van der Waals surface area contributed by atoms with Gasteiger partial charge in [-0.15, -0.1) is 0 Å². The molecule has 134 valence electrons. The zero-order valence-electron chi connectivity index (χ0n) is 14.9. The number of aromatic nitrogens is 2. The van der Waals surface area contributed by atoms with Crippen molar-refractivity contribution in [2.75, 3.05) is 6.61 Å². The SMILES string of the molecule is CCOC(=O)[C@H](C)Sc1nc2ccccc2c(=O)n1-c1ccccc1C. The van der Waals surface area contributed by atoms with Gasteiger partial charge in [-0.3, -0.25) is 14.2 Å². The summed E-state index contributed by atoms with van der Waals surface area (Å²) in [6.45, 7) is 5.79. The zero-order chi connectivity index (χ0) is 18.7. The highest BCUT2D eigenvalue weighted by Gasteiger charge is 2.21. The number of hydrogen-bond donors (Lipinski definition) is 0. The number of carbonyl (C=O) groups is 1. The predicted molar refractivity (Wildman–Crippen MR) is 104 cm³/mol. The number of hydrogen-bond acceptors (Lipinski definition) is 5. The third kappa shape index (κ3) is 3.51. The second-order valence-electron chi connectivity index (χ2n) is 5.85. The first-order valence-electron chi connectivity index (χ1n) is 8.44. The van der Waals surface area contributed by atoms with Gasteiger partial charge in [-0.25, -0.2) is 4.98 Å². The standard InChI is InChI=1S/C20H20N2O3S/c1-4-25-19(24)14(3)26-20-21-16-11-7-6-10-15(16)18(23)22(20)17-12-8-5-9-13(17)2/h5-12,14H,4H2,1-3H3/t14-/m0/s1. The predicted octanol–water partition coefficient (Wildman–Crippen LogP) is 3.74. The monoisotopic (exact) mass is 368 g/mol. The van der Waals surface area contributed by atoms with Crippen LogP contribution in [0.3, 0.4) is 0 Å². The fourth-order valence-electron chi connectivity index (χ4n) is 2.68. The highest BCUT2D eigenvalue weighted by molar-refractivity contribution is 8.00. The first-order chi connectivity index (χ1) is 12.5. The van der Waals surface area contributed by atoms with E-state index in [4.69, 9.17) is 4.74 Å². The van der Waals surface area contributed by atoms with Crippen LogP contribution in [0.15, 0.2) is 58.5 Å². The van der Waals surface area contributed by atoms with Crippen molar-refractivity contribution in [3.63, 3.8) is 0 Å². The molecule has 0 amide bonds. The van der Waals surface area contributed by atoms with Crippen LogP contribution in [0, 0.1) is 6.92 Å². The van der Waals surface area contributed by atoms with Gasteiger partial charge in [0.2, 0.25) is 0 Å². The van der Waals surface area contributed by atoms with Gasteiger partial charge in [0.05, 0.1) is 23.2 Å². The van der Waals surface area contributed by atoms with Crippen molar-refractivity contribution in [3.8, 4) is 5.69 Å². The number of rotatable bonds is 5. The lowest BCUT2D eigenvalue weighted by molar-refractivity contribution is -0.142. The third-order valence-corrected chi connectivity index (χ3v) is 5.03. The summed E-state index contributed by atoms with van der Waals surface area (Å²) in [5.74, 6) is -0.323. The molecule has 0 fully saturated rings. The van der Waals surface area contributed by atoms with E-state index in [9.17, 15) is 9.59 Å². The lowest BCUT2D eigenvalue weighted by Gasteiger charge is -2.17. The summed E-state index contributed by atoms with van der Waals surface area (Å²) in [5, 5.41) is 0.547. The fraction of sp³-hybridized carbons (Fsp3) is 0.250. The first-order valence-corrected chi connectivity index (χ1v) is 9.32. The topological polar surface area (TPSA) is 61.2 Å². The Labute approximate surface area is 156 Å². The summed E-state index contributed by atoms with van der Waals surface area (Å²) in [4.78, 5) is 29.9. The van der Waals surface area contributed by atoms with Crippen molar-refractivity contribution in [1.82, 2.24) is 9.55 Å². The van der Waals surface area contributed by atoms with Gasteiger partial charge in [0.25, 0.3) is 5.56 Å². The maximum Gasteiger partial charge on any atom is 0.319 e. The van der Waals surface area contributed by atoms with E-state index in [1.54, 1.807) is 30.5 Å². The number of ether oxygens (including phenoxy) is 1. The molecule has 0 aliphatic rings. The normalized spacial score (nSPS) is 12.1. The molecular weight excluding hydrogens is 348 g/mol. The molecule has 1 heterocycles. The molecule has 0 unspecified atom stereocenters. The van der Waals surface area contributed by atoms with Crippen molar-refractivity contribution in [2.45, 2.75) is 31.2 Å². The molecule has 0 aliphatic heterocycles. The first kappa shape index (κ1) is 18.2. The number of fused-ring (bicyclic) bond motifs is 1. The van der Waals surface area contributed by atoms with Crippen LogP contribution in [0.5, 0.6) is 0 Å². The molecule has 0 saturated heterocycles. The lowest BCUT2D eigenvalue weighted by Crippen LogP contribution is -2.24. The van der Waals surface area contributed by atoms with E-state index in [2.05, 4.69) is 4.98 Å². The van der Waals surface area contributed by atoms with Crippen LogP contribution in [0.2, 0.25) is 0 Å². The number of esters is 1. The number of nitrogens with zero attached hydrogens (tertiary/aromatic N) is 2. The Balaban J connectivity index is 2.20. The van der Waals surface area contributed by atoms with Crippen LogP contribution in [0.4, 0.5) is 0 Å². The van der Waals surface area contributed by atoms with Gasteiger partial charge in [0, 0.05) is 0 Å². The molecule has 0 N–H and O–H groups in total. The van der Waals surface area contributed by atoms with E-state index in [0.717, 1.165) is 11.3 Å². The second-order valence-corrected chi connectivity index (χ2v) is 7.16. The number of carbonyl (C=O) groups excluding carboxylic acids is 1. The molecule has 0 aliphatic carbocycles. The Kier molecular flexibility index (Phi) is 5.42. The summed E-state index contributed by atoms with van der Waals surface area (Å²) in [6.07, 6.45) is 0. The quantitative estimate of drug-likeness (QED) is 0.390. The van der Waals surface area contributed by atoms with Gasteiger partial charge in [0.15, 0.2) is 5.16 Å². The Hall–Kier alpha value is -2.60. The average molecular weight is 368 g/mol. The van der Waals surface area contributed by atoms with Crippen molar-refractivity contribution in [2.24, 2.45) is 0 Å². The molecule has 1 aromatic heterocycles. The molecule has 0 saturated carbocycles. The van der Waals surface area contributed by atoms with Crippen molar-refractivity contribution in [3.05, 3.63) is 64.4 Å². The Bertz CT molecular complexity index is 1010. The summed E-state index contributed by atoms with van der Waals surface area (Å²) in [5.41, 5.74) is 2.18. The van der Waals surface area contributed by atoms with Crippen molar-refractivity contribution < 1.29 is 9.53 Å². The molecule has 3 rings (SSSR count). The number of para-hydroxylation sites is 2. The molecule has 0 radical (unpaired) electrons. The molecule has 3 aromatic rings. The van der Waals surface area contributed by atoms with Gasteiger partial charge < -0.3 is 4.74 Å². The average Bonchev–Trinajstić information content (AvgIpc) is 2.63. The maximum atomic E-state index is 13.2. The van der Waals surface area contributed by atoms with Crippen LogP contribution >= 0.6 is 11.8 Å². The summed E-state index contributed by atoms with van der Waals surface area (Å²) < 4.78 is 6.67. The van der Waals surface area contributed by atoms with Crippen LogP contribution in [0.25, 0.3) is 16.6 Å². The minimum absolute atomic E-state index is 0.150. The van der Waals surface area contributed by atoms with Gasteiger partial charge in [-0.05, 0) is 44.5 Å². The number of benzene rings is 2. The second kappa shape index (κ2) is 7.74. The van der Waals surface area contributed by atoms with Crippen LogP contribution in [0.1, 0.15) is 19.4 Å². The molecule has 0 bridgehead atoms. The summed E-state index contributed by atoms with van der Waals surface area (Å²) in [6, 6.07) is 14.9. The van der Waals surface area contributed by atoms with Crippen LogP contribution in [-0.2, 0) is 9.53 Å². The Morgan fingerprint density at radius 3 is 2.62 bits per heavy atom. The van der Waals surface area contributed by atoms with Gasteiger partial charge in [-0.2, -0.15) is 0 Å². The highest BCUT2D eigenvalue weighted by atomic mass is 32.2. The minimum Gasteiger partial charge on any atom is -0.465 e. The molecule has 2 aromatic carbocycles. The van der Waals surface area contributed by atoms with Crippen LogP contribution in [-0.4, -0.2) is 27.4 Å². The van der Waals surface area contributed by atoms with Crippen molar-refractivity contribution in [1.29, 1.82) is 0 Å². The van der Waals surface area contributed by atoms with Gasteiger partial charge >= 0.3 is 5.97 Å². The summed E-state index contributed by atoms with van der Waals surface area (Å²) in [7, 11) is 0. The Morgan fingerprint density at radius 2 is 1.88 bits per heavy atom. The van der Waals surface area contributed by atoms with Gasteiger partial charge in [-0.1, -0.05) is 42.1 Å². The van der Waals surface area contributed by atoms with E-state index in [-0.39, 0.29) is 11.5 Å². The molecule has 1 atom stereocenters. The molecule has 26 heavy (non-hydrogen) atoms. The van der Waals surface area contributed by atoms with E-state index in [1.165, 1.54) is 11.8 Å². The summed E-state index contributed by atoms with van der Waals surface area (Å²) >= 11 is 1.23. The fourth-order valence-corrected chi connectivity index (χ4v) is 3.60. The van der Waals surface area contributed by atoms with Crippen LogP contribution < -0.4 is 5.56 Å². The lowest BCUT2D eigenvalue weighted by atomic mass is 10.2. The number of thioether (sulfide) groups is 1. The van der Waals surface area contributed by atoms with E-state index in [0.29, 0.717) is 22.7 Å². The molecule has 5 nitrogen and oxygen atoms in total. The largest absolute Gasteiger partial charge is 0.465 e. The third-order valence-electron chi connectivity index (χ3n) is 4.00. The highest BCUT2D eigenvalue weighted by Crippen LogP contribution is 2.26. The van der Waals surface area contributed by atoms with E-state index < -0.39 is 5.25 Å². The smallest absolute Gasteiger partial charge is 0.319 e. The minimum atomic E-state index is -0.474. The van der Waals surface area contributed by atoms with E-state index in [1.807, 2.05) is 43.3 Å². The van der Waals surface area contributed by atoms with Crippen molar-refractivity contribution >= 4 is 28.6 Å². The van der Waals surface area contributed by atoms with E-state index >= 15 is 0 Å². The molecule has 6 heteroatoms. The maximum absolute atomic E-state index is 13.2. The Morgan fingerprint density at radius 1 is 1.19 bits per heavy atom. The zero-order valence-corrected chi connectivity index (χ0v) is 15.7. The number of aryl methyl sites for hydroxylation is 1.